The Morgan fingerprint density at radius 3 is 2.52 bits per heavy atom. The van der Waals surface area contributed by atoms with Gasteiger partial charge in [-0.3, -0.25) is 4.79 Å². The molecule has 2 aromatic rings. The molecule has 2 aromatic heterocycles. The summed E-state index contributed by atoms with van der Waals surface area (Å²) in [5.41, 5.74) is 1.82. The summed E-state index contributed by atoms with van der Waals surface area (Å²) in [6, 6.07) is 0. The number of thioether (sulfide) groups is 1. The van der Waals surface area contributed by atoms with Crippen molar-refractivity contribution in [1.82, 2.24) is 14.9 Å². The summed E-state index contributed by atoms with van der Waals surface area (Å²) in [7, 11) is 0. The Bertz CT molecular complexity index is 965. The molecule has 0 N–H and O–H groups in total. The Labute approximate surface area is 194 Å². The fourth-order valence-corrected chi connectivity index (χ4v) is 7.41. The first kappa shape index (κ1) is 21.7. The molecule has 1 atom stereocenters. The quantitative estimate of drug-likeness (QED) is 0.404. The highest BCUT2D eigenvalue weighted by molar-refractivity contribution is 8.00. The summed E-state index contributed by atoms with van der Waals surface area (Å²) in [6.07, 6.45) is 10.7. The van der Waals surface area contributed by atoms with Gasteiger partial charge >= 0.3 is 0 Å². The van der Waals surface area contributed by atoms with Crippen molar-refractivity contribution in [3.63, 3.8) is 0 Å². The van der Waals surface area contributed by atoms with Gasteiger partial charge in [0.05, 0.1) is 5.75 Å². The smallest absolute Gasteiger partial charge is 0.232 e. The van der Waals surface area contributed by atoms with E-state index in [2.05, 4.69) is 25.7 Å². The van der Waals surface area contributed by atoms with Gasteiger partial charge in [-0.15, -0.1) is 11.3 Å². The highest BCUT2D eigenvalue weighted by Gasteiger charge is 2.33. The van der Waals surface area contributed by atoms with Gasteiger partial charge < -0.3 is 4.90 Å². The molecule has 0 aromatic carbocycles. The average molecular weight is 458 g/mol. The molecular formula is C25H35N3OS2. The maximum Gasteiger partial charge on any atom is 0.232 e. The number of carbonyl (C=O) groups is 1. The van der Waals surface area contributed by atoms with E-state index in [1.54, 1.807) is 11.8 Å². The number of aromatic nitrogens is 2. The van der Waals surface area contributed by atoms with E-state index >= 15 is 0 Å². The zero-order valence-corrected chi connectivity index (χ0v) is 20.8. The minimum Gasteiger partial charge on any atom is -0.342 e. The van der Waals surface area contributed by atoms with E-state index < -0.39 is 0 Å². The molecule has 4 nitrogen and oxygen atoms in total. The molecule has 0 spiro atoms. The molecule has 6 heteroatoms. The molecule has 168 valence electrons. The van der Waals surface area contributed by atoms with Gasteiger partial charge in [-0.25, -0.2) is 9.97 Å². The number of hydrogen-bond acceptors (Lipinski definition) is 5. The molecule has 1 saturated carbocycles. The van der Waals surface area contributed by atoms with E-state index in [4.69, 9.17) is 9.97 Å². The fourth-order valence-electron chi connectivity index (χ4n) is 5.07. The lowest BCUT2D eigenvalue weighted by atomic mass is 9.72. The zero-order valence-electron chi connectivity index (χ0n) is 19.2. The molecule has 2 fully saturated rings. The molecule has 1 amide bonds. The van der Waals surface area contributed by atoms with Gasteiger partial charge in [0, 0.05) is 29.3 Å². The second-order valence-electron chi connectivity index (χ2n) is 10.7. The lowest BCUT2D eigenvalue weighted by molar-refractivity contribution is -0.128. The number of thiophene rings is 1. The minimum absolute atomic E-state index is 0.281. The standard InChI is InChI=1S/C25H35N3OS2/c1-25(2,3)17-10-11-18-19(14-17)31-24-21(18)23(26-22(27-24)16-8-9-16)30-15-20(29)28-12-6-4-5-7-13-28/h16-17H,4-15H2,1-3H3/t17-/m1/s1. The summed E-state index contributed by atoms with van der Waals surface area (Å²) in [4.78, 5) is 27.8. The van der Waals surface area contributed by atoms with Crippen molar-refractivity contribution in [3.05, 3.63) is 16.3 Å². The van der Waals surface area contributed by atoms with Crippen LogP contribution in [0.15, 0.2) is 5.03 Å². The van der Waals surface area contributed by atoms with Crippen molar-refractivity contribution in [2.75, 3.05) is 18.8 Å². The van der Waals surface area contributed by atoms with Crippen molar-refractivity contribution in [2.24, 2.45) is 11.3 Å². The Morgan fingerprint density at radius 1 is 1.10 bits per heavy atom. The van der Waals surface area contributed by atoms with Crippen LogP contribution in [0.4, 0.5) is 0 Å². The zero-order chi connectivity index (χ0) is 21.6. The predicted molar refractivity (Wildman–Crippen MR) is 130 cm³/mol. The summed E-state index contributed by atoms with van der Waals surface area (Å²) in [5, 5.41) is 2.34. The van der Waals surface area contributed by atoms with Crippen LogP contribution in [0.2, 0.25) is 0 Å². The van der Waals surface area contributed by atoms with Gasteiger partial charge in [-0.2, -0.15) is 0 Å². The molecule has 3 aliphatic rings. The monoisotopic (exact) mass is 457 g/mol. The van der Waals surface area contributed by atoms with Crippen molar-refractivity contribution in [1.29, 1.82) is 0 Å². The number of hydrogen-bond donors (Lipinski definition) is 0. The van der Waals surface area contributed by atoms with Crippen LogP contribution in [0.3, 0.4) is 0 Å². The Hall–Kier alpha value is -1.14. The number of fused-ring (bicyclic) bond motifs is 3. The van der Waals surface area contributed by atoms with Gasteiger partial charge in [0.2, 0.25) is 5.91 Å². The SMILES string of the molecule is CC(C)(C)[C@@H]1CCc2c(sc3nc(C4CC4)nc(SCC(=O)N4CCCCCC4)c23)C1. The lowest BCUT2D eigenvalue weighted by Crippen LogP contribution is -2.33. The fraction of sp³-hybridized carbons (Fsp3) is 0.720. The van der Waals surface area contributed by atoms with Crippen LogP contribution in [0, 0.1) is 11.3 Å². The number of nitrogens with zero attached hydrogens (tertiary/aromatic N) is 3. The molecule has 1 saturated heterocycles. The van der Waals surface area contributed by atoms with Gasteiger partial charge in [-0.1, -0.05) is 45.4 Å². The van der Waals surface area contributed by atoms with Crippen LogP contribution < -0.4 is 0 Å². The van der Waals surface area contributed by atoms with Gasteiger partial charge in [0.1, 0.15) is 15.7 Å². The van der Waals surface area contributed by atoms with E-state index in [0.717, 1.165) is 55.5 Å². The van der Waals surface area contributed by atoms with Crippen LogP contribution in [-0.4, -0.2) is 39.6 Å². The molecule has 0 radical (unpaired) electrons. The van der Waals surface area contributed by atoms with E-state index in [0.29, 0.717) is 17.1 Å². The predicted octanol–water partition coefficient (Wildman–Crippen LogP) is 6.21. The summed E-state index contributed by atoms with van der Waals surface area (Å²) >= 11 is 3.56. The maximum absolute atomic E-state index is 12.9. The minimum atomic E-state index is 0.281. The Balaban J connectivity index is 1.42. The Morgan fingerprint density at radius 2 is 1.84 bits per heavy atom. The van der Waals surface area contributed by atoms with E-state index in [1.165, 1.54) is 52.8 Å². The normalized spacial score (nSPS) is 22.4. The second kappa shape index (κ2) is 8.66. The van der Waals surface area contributed by atoms with Crippen molar-refractivity contribution >= 4 is 39.2 Å². The number of aryl methyl sites for hydroxylation is 1. The molecule has 0 unspecified atom stereocenters. The van der Waals surface area contributed by atoms with E-state index in [1.807, 2.05) is 11.3 Å². The van der Waals surface area contributed by atoms with E-state index in [-0.39, 0.29) is 5.91 Å². The van der Waals surface area contributed by atoms with Crippen molar-refractivity contribution in [3.8, 4) is 0 Å². The van der Waals surface area contributed by atoms with Gasteiger partial charge in [-0.05, 0) is 61.8 Å². The average Bonchev–Trinajstić information content (AvgIpc) is 3.55. The summed E-state index contributed by atoms with van der Waals surface area (Å²) < 4.78 is 0. The third-order valence-corrected chi connectivity index (χ3v) is 9.46. The second-order valence-corrected chi connectivity index (χ2v) is 12.8. The number of carbonyl (C=O) groups excluding carboxylic acids is 1. The molecule has 3 heterocycles. The molecule has 31 heavy (non-hydrogen) atoms. The highest BCUT2D eigenvalue weighted by Crippen LogP contribution is 2.46. The van der Waals surface area contributed by atoms with Gasteiger partial charge in [0.25, 0.3) is 0 Å². The molecule has 0 bridgehead atoms. The van der Waals surface area contributed by atoms with Crippen LogP contribution in [-0.2, 0) is 17.6 Å². The first-order chi connectivity index (χ1) is 14.9. The van der Waals surface area contributed by atoms with Crippen molar-refractivity contribution < 1.29 is 4.79 Å². The van der Waals surface area contributed by atoms with Gasteiger partial charge in [0.15, 0.2) is 0 Å². The number of rotatable bonds is 4. The third-order valence-electron chi connectivity index (χ3n) is 7.35. The molecule has 5 rings (SSSR count). The maximum atomic E-state index is 12.9. The largest absolute Gasteiger partial charge is 0.342 e. The van der Waals surface area contributed by atoms with Crippen LogP contribution in [0.1, 0.15) is 87.9 Å². The van der Waals surface area contributed by atoms with E-state index in [9.17, 15) is 4.79 Å². The van der Waals surface area contributed by atoms with Crippen LogP contribution >= 0.6 is 23.1 Å². The molecular weight excluding hydrogens is 422 g/mol. The molecule has 1 aliphatic heterocycles. The lowest BCUT2D eigenvalue weighted by Gasteiger charge is -2.33. The first-order valence-electron chi connectivity index (χ1n) is 12.1. The summed E-state index contributed by atoms with van der Waals surface area (Å²) in [5.74, 6) is 3.06. The first-order valence-corrected chi connectivity index (χ1v) is 13.9. The third kappa shape index (κ3) is 4.66. The number of amides is 1. The topological polar surface area (TPSA) is 46.1 Å². The van der Waals surface area contributed by atoms with Crippen LogP contribution in [0.5, 0.6) is 0 Å². The van der Waals surface area contributed by atoms with Crippen molar-refractivity contribution in [2.45, 2.75) is 89.5 Å². The molecule has 2 aliphatic carbocycles. The highest BCUT2D eigenvalue weighted by atomic mass is 32.2. The Kier molecular flexibility index (Phi) is 6.06. The number of likely N-dealkylation sites (tertiary alicyclic amines) is 1. The van der Waals surface area contributed by atoms with Crippen LogP contribution in [0.25, 0.3) is 10.2 Å². The summed E-state index contributed by atoms with van der Waals surface area (Å²) in [6.45, 7) is 8.96.